The van der Waals surface area contributed by atoms with Gasteiger partial charge in [-0.1, -0.05) is 16.4 Å². The topological polar surface area (TPSA) is 100 Å². The third kappa shape index (κ3) is 4.73. The third-order valence-corrected chi connectivity index (χ3v) is 5.97. The van der Waals surface area contributed by atoms with Crippen LogP contribution in [0.15, 0.2) is 28.9 Å². The molecule has 26 heavy (non-hydrogen) atoms. The molecular weight excluding hydrogens is 354 g/mol. The second kappa shape index (κ2) is 8.05. The van der Waals surface area contributed by atoms with Crippen LogP contribution in [0.4, 0.5) is 11.4 Å². The fourth-order valence-electron chi connectivity index (χ4n) is 3.01. The molecular formula is C17H25N5O3S. The molecule has 0 bridgehead atoms. The fraction of sp³-hybridized carbons (Fsp3) is 0.529. The minimum atomic E-state index is -3.26. The van der Waals surface area contributed by atoms with Crippen molar-refractivity contribution in [1.82, 2.24) is 15.6 Å². The predicted octanol–water partition coefficient (Wildman–Crippen LogP) is 1.90. The first-order chi connectivity index (χ1) is 12.5. The van der Waals surface area contributed by atoms with Crippen molar-refractivity contribution in [1.29, 1.82) is 0 Å². The predicted molar refractivity (Wildman–Crippen MR) is 101 cm³/mol. The molecule has 1 aliphatic heterocycles. The van der Waals surface area contributed by atoms with Gasteiger partial charge in [0.25, 0.3) is 0 Å². The summed E-state index contributed by atoms with van der Waals surface area (Å²) in [5.41, 5.74) is 3.32. The largest absolute Gasteiger partial charge is 0.371 e. The van der Waals surface area contributed by atoms with E-state index in [1.54, 1.807) is 13.0 Å². The molecule has 0 unspecified atom stereocenters. The lowest BCUT2D eigenvalue weighted by Crippen LogP contribution is -2.42. The fourth-order valence-corrected chi connectivity index (χ4v) is 3.64. The highest BCUT2D eigenvalue weighted by molar-refractivity contribution is 7.92. The summed E-state index contributed by atoms with van der Waals surface area (Å²) in [5, 5.41) is 11.2. The van der Waals surface area contributed by atoms with Crippen molar-refractivity contribution in [3.05, 3.63) is 35.7 Å². The van der Waals surface area contributed by atoms with Crippen LogP contribution in [0.25, 0.3) is 0 Å². The van der Waals surface area contributed by atoms with E-state index in [4.69, 9.17) is 4.63 Å². The molecule has 1 saturated heterocycles. The van der Waals surface area contributed by atoms with Gasteiger partial charge in [-0.2, -0.15) is 0 Å². The molecule has 0 atom stereocenters. The second-order valence-corrected chi connectivity index (χ2v) is 8.51. The number of aryl methyl sites for hydroxylation is 1. The van der Waals surface area contributed by atoms with Gasteiger partial charge in [-0.3, -0.25) is 4.72 Å². The van der Waals surface area contributed by atoms with Crippen LogP contribution in [0.3, 0.4) is 0 Å². The molecule has 1 fully saturated rings. The average Bonchev–Trinajstić information content (AvgIpc) is 3.05. The zero-order chi connectivity index (χ0) is 18.6. The second-order valence-electron chi connectivity index (χ2n) is 6.49. The Hall–Kier alpha value is -2.13. The van der Waals surface area contributed by atoms with Crippen molar-refractivity contribution in [2.45, 2.75) is 39.3 Å². The van der Waals surface area contributed by atoms with Gasteiger partial charge in [0, 0.05) is 31.4 Å². The first kappa shape index (κ1) is 18.7. The van der Waals surface area contributed by atoms with E-state index >= 15 is 0 Å². The first-order valence-corrected chi connectivity index (χ1v) is 10.5. The van der Waals surface area contributed by atoms with E-state index in [0.29, 0.717) is 18.3 Å². The molecule has 0 saturated carbocycles. The van der Waals surface area contributed by atoms with Crippen LogP contribution in [-0.2, 0) is 16.6 Å². The van der Waals surface area contributed by atoms with Crippen LogP contribution in [0.5, 0.6) is 0 Å². The Morgan fingerprint density at radius 3 is 2.69 bits per heavy atom. The normalized spacial score (nSPS) is 16.0. The summed E-state index contributed by atoms with van der Waals surface area (Å²) < 4.78 is 30.8. The van der Waals surface area contributed by atoms with Crippen LogP contribution in [-0.4, -0.2) is 43.6 Å². The third-order valence-electron chi connectivity index (χ3n) is 4.66. The van der Waals surface area contributed by atoms with Crippen LogP contribution in [0.1, 0.15) is 31.2 Å². The van der Waals surface area contributed by atoms with Crippen molar-refractivity contribution in [3.63, 3.8) is 0 Å². The SMILES string of the molecule is CCS(=O)(=O)Nc1cccc(N2CCC(NCc3nonc3C)CC2)c1. The number of aromatic nitrogens is 2. The van der Waals surface area contributed by atoms with Gasteiger partial charge < -0.3 is 10.2 Å². The molecule has 2 N–H and O–H groups in total. The van der Waals surface area contributed by atoms with Crippen LogP contribution in [0.2, 0.25) is 0 Å². The monoisotopic (exact) mass is 379 g/mol. The molecule has 0 radical (unpaired) electrons. The Balaban J connectivity index is 1.54. The van der Waals surface area contributed by atoms with Gasteiger partial charge in [0.15, 0.2) is 0 Å². The van der Waals surface area contributed by atoms with Crippen LogP contribution >= 0.6 is 0 Å². The lowest BCUT2D eigenvalue weighted by Gasteiger charge is -2.34. The van der Waals surface area contributed by atoms with E-state index in [9.17, 15) is 8.42 Å². The summed E-state index contributed by atoms with van der Waals surface area (Å²) >= 11 is 0. The summed E-state index contributed by atoms with van der Waals surface area (Å²) in [7, 11) is -3.26. The standard InChI is InChI=1S/C17H25N5O3S/c1-3-26(23,24)21-15-5-4-6-16(11-15)22-9-7-14(8-10-22)18-12-17-13(2)19-25-20-17/h4-6,11,14,18,21H,3,7-10,12H2,1-2H3. The number of hydrogen-bond acceptors (Lipinski definition) is 7. The molecule has 8 nitrogen and oxygen atoms in total. The van der Waals surface area contributed by atoms with Gasteiger partial charge in [-0.15, -0.1) is 0 Å². The van der Waals surface area contributed by atoms with Gasteiger partial charge in [-0.05, 0) is 44.9 Å². The maximum Gasteiger partial charge on any atom is 0.232 e. The highest BCUT2D eigenvalue weighted by atomic mass is 32.2. The molecule has 0 spiro atoms. The molecule has 2 heterocycles. The molecule has 9 heteroatoms. The number of hydrogen-bond donors (Lipinski definition) is 2. The number of anilines is 2. The van der Waals surface area contributed by atoms with E-state index < -0.39 is 10.0 Å². The average molecular weight is 379 g/mol. The molecule has 1 aromatic heterocycles. The van der Waals surface area contributed by atoms with Crippen molar-refractivity contribution >= 4 is 21.4 Å². The summed E-state index contributed by atoms with van der Waals surface area (Å²) in [5.74, 6) is 0.0643. The summed E-state index contributed by atoms with van der Waals surface area (Å²) in [6.45, 7) is 6.00. The number of benzene rings is 1. The Bertz CT molecular complexity index is 828. The Kier molecular flexibility index (Phi) is 5.77. The molecule has 142 valence electrons. The van der Waals surface area contributed by atoms with Crippen LogP contribution in [0, 0.1) is 6.92 Å². The van der Waals surface area contributed by atoms with E-state index in [2.05, 4.69) is 25.3 Å². The number of nitrogens with one attached hydrogen (secondary N) is 2. The molecule has 3 rings (SSSR count). The molecule has 0 aliphatic carbocycles. The zero-order valence-corrected chi connectivity index (χ0v) is 15.9. The number of rotatable bonds is 7. The van der Waals surface area contributed by atoms with Crippen molar-refractivity contribution in [2.75, 3.05) is 28.5 Å². The molecule has 1 aliphatic rings. The zero-order valence-electron chi connectivity index (χ0n) is 15.1. The number of piperidine rings is 1. The van der Waals surface area contributed by atoms with Gasteiger partial charge in [-0.25, -0.2) is 13.0 Å². The van der Waals surface area contributed by atoms with Crippen molar-refractivity contribution in [2.24, 2.45) is 0 Å². The maximum atomic E-state index is 11.7. The quantitative estimate of drug-likeness (QED) is 0.758. The lowest BCUT2D eigenvalue weighted by atomic mass is 10.0. The van der Waals surface area contributed by atoms with E-state index in [0.717, 1.165) is 43.0 Å². The Labute approximate surface area is 154 Å². The summed E-state index contributed by atoms with van der Waals surface area (Å²) in [6.07, 6.45) is 2.02. The summed E-state index contributed by atoms with van der Waals surface area (Å²) in [6, 6.07) is 7.99. The molecule has 0 amide bonds. The Morgan fingerprint density at radius 1 is 1.27 bits per heavy atom. The van der Waals surface area contributed by atoms with Gasteiger partial charge in [0.1, 0.15) is 11.4 Å². The highest BCUT2D eigenvalue weighted by Gasteiger charge is 2.20. The van der Waals surface area contributed by atoms with Crippen molar-refractivity contribution in [3.8, 4) is 0 Å². The summed E-state index contributed by atoms with van der Waals surface area (Å²) in [4.78, 5) is 2.28. The van der Waals surface area contributed by atoms with Crippen LogP contribution < -0.4 is 14.9 Å². The lowest BCUT2D eigenvalue weighted by molar-refractivity contribution is 0.299. The minimum absolute atomic E-state index is 0.0643. The van der Waals surface area contributed by atoms with Gasteiger partial charge in [0.05, 0.1) is 11.4 Å². The molecule has 1 aromatic carbocycles. The minimum Gasteiger partial charge on any atom is -0.371 e. The molecule has 2 aromatic rings. The first-order valence-electron chi connectivity index (χ1n) is 8.84. The van der Waals surface area contributed by atoms with E-state index in [1.165, 1.54) is 0 Å². The highest BCUT2D eigenvalue weighted by Crippen LogP contribution is 2.24. The number of nitrogens with zero attached hydrogens (tertiary/aromatic N) is 3. The number of sulfonamides is 1. The van der Waals surface area contributed by atoms with E-state index in [1.807, 2.05) is 25.1 Å². The smallest absolute Gasteiger partial charge is 0.232 e. The van der Waals surface area contributed by atoms with E-state index in [-0.39, 0.29) is 5.75 Å². The Morgan fingerprint density at radius 2 is 2.04 bits per heavy atom. The maximum absolute atomic E-state index is 11.7. The van der Waals surface area contributed by atoms with Gasteiger partial charge in [0.2, 0.25) is 10.0 Å². The van der Waals surface area contributed by atoms with Gasteiger partial charge >= 0.3 is 0 Å². The van der Waals surface area contributed by atoms with Crippen molar-refractivity contribution < 1.29 is 13.0 Å².